The number of hydrogen-bond acceptors (Lipinski definition) is 1. The summed E-state index contributed by atoms with van der Waals surface area (Å²) in [6.07, 6.45) is 0. The SMILES string of the molecule is Cc1ccc(C(C)NC(=O)C(C)C)c(C)c1. The minimum absolute atomic E-state index is 0.0354. The van der Waals surface area contributed by atoms with Crippen LogP contribution in [0.4, 0.5) is 0 Å². The van der Waals surface area contributed by atoms with Gasteiger partial charge in [-0.1, -0.05) is 37.6 Å². The summed E-state index contributed by atoms with van der Waals surface area (Å²) in [5.74, 6) is 0.140. The molecular formula is C14H21NO. The predicted molar refractivity (Wildman–Crippen MR) is 67.3 cm³/mol. The molecule has 0 bridgehead atoms. The van der Waals surface area contributed by atoms with Crippen molar-refractivity contribution in [3.8, 4) is 0 Å². The van der Waals surface area contributed by atoms with Gasteiger partial charge >= 0.3 is 0 Å². The van der Waals surface area contributed by atoms with Crippen molar-refractivity contribution < 1.29 is 4.79 Å². The van der Waals surface area contributed by atoms with Gasteiger partial charge in [-0.3, -0.25) is 4.79 Å². The Morgan fingerprint density at radius 2 is 1.81 bits per heavy atom. The highest BCUT2D eigenvalue weighted by molar-refractivity contribution is 5.78. The van der Waals surface area contributed by atoms with Crippen LogP contribution < -0.4 is 5.32 Å². The van der Waals surface area contributed by atoms with Crippen molar-refractivity contribution >= 4 is 5.91 Å². The van der Waals surface area contributed by atoms with Gasteiger partial charge in [0.25, 0.3) is 0 Å². The smallest absolute Gasteiger partial charge is 0.223 e. The highest BCUT2D eigenvalue weighted by Crippen LogP contribution is 2.18. The molecule has 0 aliphatic heterocycles. The number of carbonyl (C=O) groups excluding carboxylic acids is 1. The largest absolute Gasteiger partial charge is 0.349 e. The first-order valence-electron chi connectivity index (χ1n) is 5.79. The zero-order valence-corrected chi connectivity index (χ0v) is 10.8. The van der Waals surface area contributed by atoms with E-state index in [1.54, 1.807) is 0 Å². The molecule has 0 radical (unpaired) electrons. The standard InChI is InChI=1S/C14H21NO/c1-9(2)14(16)15-12(5)13-7-6-10(3)8-11(13)4/h6-9,12H,1-5H3,(H,15,16). The monoisotopic (exact) mass is 219 g/mol. The third-order valence-corrected chi connectivity index (χ3v) is 2.77. The molecule has 2 nitrogen and oxygen atoms in total. The van der Waals surface area contributed by atoms with Crippen LogP contribution in [0.25, 0.3) is 0 Å². The number of amides is 1. The van der Waals surface area contributed by atoms with Crippen LogP contribution in [0.1, 0.15) is 43.5 Å². The zero-order chi connectivity index (χ0) is 12.3. The van der Waals surface area contributed by atoms with E-state index in [9.17, 15) is 4.79 Å². The van der Waals surface area contributed by atoms with E-state index in [1.807, 2.05) is 20.8 Å². The van der Waals surface area contributed by atoms with Gasteiger partial charge in [-0.05, 0) is 31.9 Å². The Balaban J connectivity index is 2.80. The van der Waals surface area contributed by atoms with Crippen molar-refractivity contribution in [1.29, 1.82) is 0 Å². The summed E-state index contributed by atoms with van der Waals surface area (Å²) >= 11 is 0. The second-order valence-corrected chi connectivity index (χ2v) is 4.75. The molecule has 1 amide bonds. The molecule has 1 atom stereocenters. The topological polar surface area (TPSA) is 29.1 Å². The van der Waals surface area contributed by atoms with Crippen LogP contribution in [0.15, 0.2) is 18.2 Å². The molecule has 88 valence electrons. The lowest BCUT2D eigenvalue weighted by molar-refractivity contribution is -0.124. The molecule has 0 fully saturated rings. The van der Waals surface area contributed by atoms with E-state index in [0.29, 0.717) is 0 Å². The van der Waals surface area contributed by atoms with E-state index in [1.165, 1.54) is 16.7 Å². The molecule has 1 N–H and O–H groups in total. The van der Waals surface area contributed by atoms with Crippen LogP contribution in [0, 0.1) is 19.8 Å². The lowest BCUT2D eigenvalue weighted by Gasteiger charge is -2.18. The molecule has 0 saturated carbocycles. The number of carbonyl (C=O) groups is 1. The fourth-order valence-electron chi connectivity index (χ4n) is 1.77. The zero-order valence-electron chi connectivity index (χ0n) is 10.8. The number of rotatable bonds is 3. The number of hydrogen-bond donors (Lipinski definition) is 1. The fraction of sp³-hybridized carbons (Fsp3) is 0.500. The van der Waals surface area contributed by atoms with Crippen LogP contribution in [-0.4, -0.2) is 5.91 Å². The van der Waals surface area contributed by atoms with Crippen molar-refractivity contribution in [2.45, 2.75) is 40.7 Å². The normalized spacial score (nSPS) is 12.6. The molecule has 0 aliphatic carbocycles. The molecule has 16 heavy (non-hydrogen) atoms. The van der Waals surface area contributed by atoms with E-state index in [2.05, 4.69) is 37.4 Å². The summed E-state index contributed by atoms with van der Waals surface area (Å²) in [6, 6.07) is 6.40. The second-order valence-electron chi connectivity index (χ2n) is 4.75. The Morgan fingerprint density at radius 1 is 1.19 bits per heavy atom. The van der Waals surface area contributed by atoms with Gasteiger partial charge in [0.1, 0.15) is 0 Å². The van der Waals surface area contributed by atoms with Gasteiger partial charge in [0.2, 0.25) is 5.91 Å². The third kappa shape index (κ3) is 3.09. The number of aryl methyl sites for hydroxylation is 2. The van der Waals surface area contributed by atoms with Crippen LogP contribution in [-0.2, 0) is 4.79 Å². The van der Waals surface area contributed by atoms with Gasteiger partial charge in [0.15, 0.2) is 0 Å². The fourth-order valence-corrected chi connectivity index (χ4v) is 1.77. The lowest BCUT2D eigenvalue weighted by atomic mass is 10.00. The molecule has 0 heterocycles. The van der Waals surface area contributed by atoms with E-state index < -0.39 is 0 Å². The molecule has 1 unspecified atom stereocenters. The Morgan fingerprint density at radius 3 is 2.31 bits per heavy atom. The maximum Gasteiger partial charge on any atom is 0.223 e. The molecular weight excluding hydrogens is 198 g/mol. The summed E-state index contributed by atoms with van der Waals surface area (Å²) < 4.78 is 0. The van der Waals surface area contributed by atoms with Crippen LogP contribution in [0.3, 0.4) is 0 Å². The first-order chi connectivity index (χ1) is 7.41. The highest BCUT2D eigenvalue weighted by Gasteiger charge is 2.13. The molecule has 1 rings (SSSR count). The van der Waals surface area contributed by atoms with Crippen molar-refractivity contribution in [2.75, 3.05) is 0 Å². The molecule has 0 aliphatic rings. The Kier molecular flexibility index (Phi) is 4.11. The van der Waals surface area contributed by atoms with Crippen molar-refractivity contribution in [3.05, 3.63) is 34.9 Å². The van der Waals surface area contributed by atoms with Crippen LogP contribution >= 0.6 is 0 Å². The first kappa shape index (κ1) is 12.8. The summed E-state index contributed by atoms with van der Waals surface area (Å²) in [7, 11) is 0. The van der Waals surface area contributed by atoms with Gasteiger partial charge in [0.05, 0.1) is 6.04 Å². The summed E-state index contributed by atoms with van der Waals surface area (Å²) in [5.41, 5.74) is 3.68. The minimum atomic E-state index is 0.0354. The maximum atomic E-state index is 11.6. The summed E-state index contributed by atoms with van der Waals surface area (Å²) in [6.45, 7) is 10.0. The van der Waals surface area contributed by atoms with E-state index in [0.717, 1.165) is 0 Å². The molecule has 0 saturated heterocycles. The Hall–Kier alpha value is -1.31. The highest BCUT2D eigenvalue weighted by atomic mass is 16.1. The number of benzene rings is 1. The molecule has 1 aromatic rings. The van der Waals surface area contributed by atoms with E-state index >= 15 is 0 Å². The second kappa shape index (κ2) is 5.15. The van der Waals surface area contributed by atoms with Crippen molar-refractivity contribution in [1.82, 2.24) is 5.32 Å². The van der Waals surface area contributed by atoms with Crippen LogP contribution in [0.2, 0.25) is 0 Å². The van der Waals surface area contributed by atoms with Gasteiger partial charge < -0.3 is 5.32 Å². The van der Waals surface area contributed by atoms with Crippen molar-refractivity contribution in [3.63, 3.8) is 0 Å². The Labute approximate surface area is 98.1 Å². The van der Waals surface area contributed by atoms with Crippen LogP contribution in [0.5, 0.6) is 0 Å². The number of nitrogens with one attached hydrogen (secondary N) is 1. The lowest BCUT2D eigenvalue weighted by Crippen LogP contribution is -2.30. The Bertz CT molecular complexity index is 382. The average Bonchev–Trinajstić information content (AvgIpc) is 2.16. The molecule has 2 heteroatoms. The summed E-state index contributed by atoms with van der Waals surface area (Å²) in [5, 5.41) is 3.02. The van der Waals surface area contributed by atoms with Gasteiger partial charge in [-0.2, -0.15) is 0 Å². The van der Waals surface area contributed by atoms with Gasteiger partial charge in [0, 0.05) is 5.92 Å². The van der Waals surface area contributed by atoms with E-state index in [-0.39, 0.29) is 17.9 Å². The van der Waals surface area contributed by atoms with Gasteiger partial charge in [-0.25, -0.2) is 0 Å². The van der Waals surface area contributed by atoms with E-state index in [4.69, 9.17) is 0 Å². The van der Waals surface area contributed by atoms with Gasteiger partial charge in [-0.15, -0.1) is 0 Å². The maximum absolute atomic E-state index is 11.6. The summed E-state index contributed by atoms with van der Waals surface area (Å²) in [4.78, 5) is 11.6. The minimum Gasteiger partial charge on any atom is -0.349 e. The first-order valence-corrected chi connectivity index (χ1v) is 5.79. The molecule has 1 aromatic carbocycles. The van der Waals surface area contributed by atoms with Crippen molar-refractivity contribution in [2.24, 2.45) is 5.92 Å². The molecule has 0 spiro atoms. The predicted octanol–water partition coefficient (Wildman–Crippen LogP) is 3.14. The average molecular weight is 219 g/mol. The third-order valence-electron chi connectivity index (χ3n) is 2.77. The molecule has 0 aromatic heterocycles. The quantitative estimate of drug-likeness (QED) is 0.831.